The monoisotopic (exact) mass is 326 g/mol. The standard InChI is InChI=1S/C18H22N4O2/c1-13(14-5-3-2-4-6-14)20-16(23)7-8-17-21-18(22-24-17)15-9-11-19-12-10-15/h5,9-13H,2-4,6-8H2,1H3,(H,20,23)/t13-/m0/s1. The molecule has 24 heavy (non-hydrogen) atoms. The topological polar surface area (TPSA) is 80.9 Å². The first-order valence-corrected chi connectivity index (χ1v) is 8.43. The van der Waals surface area contributed by atoms with Crippen LogP contribution >= 0.6 is 0 Å². The number of hydrogen-bond donors (Lipinski definition) is 1. The fraction of sp³-hybridized carbons (Fsp3) is 0.444. The summed E-state index contributed by atoms with van der Waals surface area (Å²) < 4.78 is 5.22. The minimum absolute atomic E-state index is 0.0117. The van der Waals surface area contributed by atoms with Gasteiger partial charge in [-0.3, -0.25) is 9.78 Å². The van der Waals surface area contributed by atoms with Crippen LogP contribution in [0.3, 0.4) is 0 Å². The second-order valence-corrected chi connectivity index (χ2v) is 6.06. The summed E-state index contributed by atoms with van der Waals surface area (Å²) in [5, 5.41) is 7.00. The number of hydrogen-bond acceptors (Lipinski definition) is 5. The Bertz CT molecular complexity index is 709. The van der Waals surface area contributed by atoms with Crippen LogP contribution < -0.4 is 5.32 Å². The van der Waals surface area contributed by atoms with E-state index in [0.717, 1.165) is 18.4 Å². The zero-order chi connectivity index (χ0) is 16.8. The smallest absolute Gasteiger partial charge is 0.227 e. The first kappa shape index (κ1) is 16.4. The van der Waals surface area contributed by atoms with Crippen molar-refractivity contribution in [1.29, 1.82) is 0 Å². The van der Waals surface area contributed by atoms with Crippen molar-refractivity contribution in [2.45, 2.75) is 51.5 Å². The summed E-state index contributed by atoms with van der Waals surface area (Å²) in [7, 11) is 0. The minimum atomic E-state index is 0.0117. The van der Waals surface area contributed by atoms with E-state index in [1.165, 1.54) is 18.4 Å². The van der Waals surface area contributed by atoms with Crippen LogP contribution in [-0.4, -0.2) is 27.1 Å². The number of rotatable bonds is 6. The molecule has 2 aromatic rings. The molecule has 1 aliphatic carbocycles. The van der Waals surface area contributed by atoms with Crippen molar-refractivity contribution < 1.29 is 9.32 Å². The summed E-state index contributed by atoms with van der Waals surface area (Å²) in [5.74, 6) is 1.01. The second-order valence-electron chi connectivity index (χ2n) is 6.06. The van der Waals surface area contributed by atoms with Gasteiger partial charge in [-0.05, 0) is 44.7 Å². The van der Waals surface area contributed by atoms with Gasteiger partial charge >= 0.3 is 0 Å². The number of allylic oxidation sites excluding steroid dienone is 1. The van der Waals surface area contributed by atoms with Gasteiger partial charge in [-0.1, -0.05) is 16.8 Å². The van der Waals surface area contributed by atoms with E-state index < -0.39 is 0 Å². The Balaban J connectivity index is 1.50. The number of carbonyl (C=O) groups excluding carboxylic acids is 1. The second kappa shape index (κ2) is 7.86. The summed E-state index contributed by atoms with van der Waals surface area (Å²) in [6.07, 6.45) is 11.1. The number of aromatic nitrogens is 3. The Kier molecular flexibility index (Phi) is 5.36. The van der Waals surface area contributed by atoms with Gasteiger partial charge < -0.3 is 9.84 Å². The molecule has 6 nitrogen and oxygen atoms in total. The van der Waals surface area contributed by atoms with E-state index in [-0.39, 0.29) is 11.9 Å². The summed E-state index contributed by atoms with van der Waals surface area (Å²) in [4.78, 5) is 20.4. The van der Waals surface area contributed by atoms with Gasteiger partial charge in [0.2, 0.25) is 17.6 Å². The molecule has 1 aliphatic rings. The lowest BCUT2D eigenvalue weighted by molar-refractivity contribution is -0.121. The average Bonchev–Trinajstić information content (AvgIpc) is 3.10. The van der Waals surface area contributed by atoms with Crippen molar-refractivity contribution in [3.8, 4) is 11.4 Å². The van der Waals surface area contributed by atoms with Crippen LogP contribution in [0.15, 0.2) is 40.7 Å². The van der Waals surface area contributed by atoms with Crippen LogP contribution in [0.1, 0.15) is 44.9 Å². The summed E-state index contributed by atoms with van der Waals surface area (Å²) in [5.41, 5.74) is 2.19. The first-order chi connectivity index (χ1) is 11.7. The quantitative estimate of drug-likeness (QED) is 0.825. The van der Waals surface area contributed by atoms with E-state index in [0.29, 0.717) is 24.6 Å². The Hall–Kier alpha value is -2.50. The molecule has 2 heterocycles. The molecular weight excluding hydrogens is 304 g/mol. The molecule has 0 aliphatic heterocycles. The van der Waals surface area contributed by atoms with Crippen molar-refractivity contribution in [1.82, 2.24) is 20.4 Å². The third-order valence-corrected chi connectivity index (χ3v) is 4.23. The van der Waals surface area contributed by atoms with Crippen LogP contribution in [0.4, 0.5) is 0 Å². The van der Waals surface area contributed by atoms with Gasteiger partial charge in [0, 0.05) is 36.8 Å². The van der Waals surface area contributed by atoms with E-state index in [2.05, 4.69) is 26.5 Å². The van der Waals surface area contributed by atoms with Crippen LogP contribution in [-0.2, 0) is 11.2 Å². The molecule has 0 fully saturated rings. The fourth-order valence-electron chi connectivity index (χ4n) is 2.86. The van der Waals surface area contributed by atoms with Crippen molar-refractivity contribution in [2.24, 2.45) is 0 Å². The van der Waals surface area contributed by atoms with E-state index in [4.69, 9.17) is 4.52 Å². The number of pyridine rings is 1. The molecule has 1 amide bonds. The van der Waals surface area contributed by atoms with Crippen LogP contribution in [0.5, 0.6) is 0 Å². The predicted molar refractivity (Wildman–Crippen MR) is 90.0 cm³/mol. The first-order valence-electron chi connectivity index (χ1n) is 8.43. The number of carbonyl (C=O) groups is 1. The van der Waals surface area contributed by atoms with E-state index >= 15 is 0 Å². The molecule has 3 rings (SSSR count). The Morgan fingerprint density at radius 2 is 2.17 bits per heavy atom. The van der Waals surface area contributed by atoms with Crippen molar-refractivity contribution in [2.75, 3.05) is 0 Å². The molecule has 0 radical (unpaired) electrons. The van der Waals surface area contributed by atoms with Gasteiger partial charge in [-0.2, -0.15) is 4.98 Å². The predicted octanol–water partition coefficient (Wildman–Crippen LogP) is 3.07. The lowest BCUT2D eigenvalue weighted by atomic mass is 9.94. The van der Waals surface area contributed by atoms with Gasteiger partial charge in [0.15, 0.2) is 0 Å². The molecule has 0 aromatic carbocycles. The largest absolute Gasteiger partial charge is 0.350 e. The number of aryl methyl sites for hydroxylation is 1. The molecular formula is C18H22N4O2. The lowest BCUT2D eigenvalue weighted by Crippen LogP contribution is -2.34. The van der Waals surface area contributed by atoms with Crippen LogP contribution in [0.25, 0.3) is 11.4 Å². The summed E-state index contributed by atoms with van der Waals surface area (Å²) >= 11 is 0. The molecule has 126 valence electrons. The van der Waals surface area contributed by atoms with Gasteiger partial charge in [0.05, 0.1) is 0 Å². The Morgan fingerprint density at radius 1 is 1.33 bits per heavy atom. The number of nitrogens with zero attached hydrogens (tertiary/aromatic N) is 3. The van der Waals surface area contributed by atoms with Gasteiger partial charge in [-0.25, -0.2) is 0 Å². The van der Waals surface area contributed by atoms with Crippen molar-refractivity contribution >= 4 is 5.91 Å². The third-order valence-electron chi connectivity index (χ3n) is 4.23. The number of nitrogens with one attached hydrogen (secondary N) is 1. The maximum Gasteiger partial charge on any atom is 0.227 e. The zero-order valence-electron chi connectivity index (χ0n) is 13.9. The summed E-state index contributed by atoms with van der Waals surface area (Å²) in [6.45, 7) is 2.04. The molecule has 0 spiro atoms. The molecule has 0 bridgehead atoms. The normalized spacial score (nSPS) is 15.6. The van der Waals surface area contributed by atoms with Gasteiger partial charge in [-0.15, -0.1) is 0 Å². The molecule has 0 saturated heterocycles. The fourth-order valence-corrected chi connectivity index (χ4v) is 2.86. The number of amides is 1. The lowest BCUT2D eigenvalue weighted by Gasteiger charge is -2.20. The molecule has 1 atom stereocenters. The van der Waals surface area contributed by atoms with Crippen LogP contribution in [0.2, 0.25) is 0 Å². The third kappa shape index (κ3) is 4.28. The maximum atomic E-state index is 12.1. The van der Waals surface area contributed by atoms with E-state index in [1.54, 1.807) is 12.4 Å². The highest BCUT2D eigenvalue weighted by Crippen LogP contribution is 2.20. The molecule has 0 saturated carbocycles. The highest BCUT2D eigenvalue weighted by Gasteiger charge is 2.15. The Morgan fingerprint density at radius 3 is 2.92 bits per heavy atom. The molecule has 0 unspecified atom stereocenters. The van der Waals surface area contributed by atoms with Crippen LogP contribution in [0, 0.1) is 0 Å². The summed E-state index contributed by atoms with van der Waals surface area (Å²) in [6, 6.07) is 3.75. The van der Waals surface area contributed by atoms with Crippen molar-refractivity contribution in [3.63, 3.8) is 0 Å². The SMILES string of the molecule is C[C@H](NC(=O)CCc1nc(-c2ccncc2)no1)C1=CCCCC1. The Labute approximate surface area is 141 Å². The highest BCUT2D eigenvalue weighted by atomic mass is 16.5. The molecule has 1 N–H and O–H groups in total. The van der Waals surface area contributed by atoms with E-state index in [1.807, 2.05) is 19.1 Å². The van der Waals surface area contributed by atoms with Gasteiger partial charge in [0.1, 0.15) is 0 Å². The average molecular weight is 326 g/mol. The maximum absolute atomic E-state index is 12.1. The minimum Gasteiger partial charge on any atom is -0.350 e. The zero-order valence-corrected chi connectivity index (χ0v) is 13.9. The molecule has 2 aromatic heterocycles. The van der Waals surface area contributed by atoms with Crippen molar-refractivity contribution in [3.05, 3.63) is 42.1 Å². The highest BCUT2D eigenvalue weighted by molar-refractivity contribution is 5.76. The van der Waals surface area contributed by atoms with Gasteiger partial charge in [0.25, 0.3) is 0 Å². The van der Waals surface area contributed by atoms with E-state index in [9.17, 15) is 4.79 Å². The molecule has 6 heteroatoms.